The van der Waals surface area contributed by atoms with Gasteiger partial charge in [0.15, 0.2) is 0 Å². The first-order valence-corrected chi connectivity index (χ1v) is 7.43. The van der Waals surface area contributed by atoms with Crippen LogP contribution in [0.5, 0.6) is 0 Å². The molecule has 1 aromatic rings. The topological polar surface area (TPSA) is 32.3 Å². The summed E-state index contributed by atoms with van der Waals surface area (Å²) in [6.45, 7) is 3.14. The quantitative estimate of drug-likeness (QED) is 0.840. The highest BCUT2D eigenvalue weighted by molar-refractivity contribution is 5.31. The van der Waals surface area contributed by atoms with Crippen LogP contribution in [0, 0.1) is 0 Å². The summed E-state index contributed by atoms with van der Waals surface area (Å²) in [4.78, 5) is 12.0. The van der Waals surface area contributed by atoms with Crippen molar-refractivity contribution >= 4 is 5.95 Å². The lowest BCUT2D eigenvalue weighted by molar-refractivity contribution is -0.141. The van der Waals surface area contributed by atoms with Crippen molar-refractivity contribution in [1.29, 1.82) is 0 Å². The normalized spacial score (nSPS) is 22.0. The number of nitrogens with zero attached hydrogens (tertiary/aromatic N) is 4. The number of piperazine rings is 1. The lowest BCUT2D eigenvalue weighted by Gasteiger charge is -2.38. The van der Waals surface area contributed by atoms with Gasteiger partial charge in [0.05, 0.1) is 0 Å². The second kappa shape index (κ2) is 5.79. The third-order valence-corrected chi connectivity index (χ3v) is 4.37. The fraction of sp³-hybridized carbons (Fsp3) is 0.714. The molecule has 0 radical (unpaired) electrons. The van der Waals surface area contributed by atoms with E-state index in [4.69, 9.17) is 0 Å². The molecule has 21 heavy (non-hydrogen) atoms. The molecule has 1 aromatic heterocycles. The van der Waals surface area contributed by atoms with Gasteiger partial charge in [0.2, 0.25) is 5.95 Å². The van der Waals surface area contributed by atoms with Crippen LogP contribution in [-0.2, 0) is 6.18 Å². The fourth-order valence-corrected chi connectivity index (χ4v) is 3.22. The number of hydrogen-bond donors (Lipinski definition) is 0. The predicted octanol–water partition coefficient (Wildman–Crippen LogP) is 2.56. The molecule has 1 saturated heterocycles. The van der Waals surface area contributed by atoms with E-state index < -0.39 is 11.9 Å². The maximum absolute atomic E-state index is 12.7. The molecule has 116 valence electrons. The Hall–Kier alpha value is -1.37. The minimum absolute atomic E-state index is 0.191. The molecule has 0 N–H and O–H groups in total. The molecule has 0 spiro atoms. The molecule has 0 amide bonds. The summed E-state index contributed by atoms with van der Waals surface area (Å²) in [5.41, 5.74) is -0.870. The Bertz CT molecular complexity index is 477. The van der Waals surface area contributed by atoms with Crippen molar-refractivity contribution < 1.29 is 13.2 Å². The number of rotatable bonds is 2. The highest BCUT2D eigenvalue weighted by atomic mass is 19.4. The maximum atomic E-state index is 12.7. The van der Waals surface area contributed by atoms with Crippen LogP contribution in [0.3, 0.4) is 0 Å². The Morgan fingerprint density at radius 1 is 1.05 bits per heavy atom. The molecule has 0 bridgehead atoms. The van der Waals surface area contributed by atoms with Crippen molar-refractivity contribution in [3.63, 3.8) is 0 Å². The van der Waals surface area contributed by atoms with Gasteiger partial charge in [-0.15, -0.1) is 0 Å². The Kier molecular flexibility index (Phi) is 4.01. The van der Waals surface area contributed by atoms with Crippen molar-refractivity contribution in [2.24, 2.45) is 0 Å². The van der Waals surface area contributed by atoms with Gasteiger partial charge in [0.1, 0.15) is 5.69 Å². The predicted molar refractivity (Wildman–Crippen MR) is 73.1 cm³/mol. The maximum Gasteiger partial charge on any atom is 0.433 e. The van der Waals surface area contributed by atoms with Crippen LogP contribution in [0.25, 0.3) is 0 Å². The number of halogens is 3. The largest absolute Gasteiger partial charge is 0.433 e. The number of hydrogen-bond acceptors (Lipinski definition) is 4. The van der Waals surface area contributed by atoms with E-state index >= 15 is 0 Å². The van der Waals surface area contributed by atoms with Gasteiger partial charge in [0.25, 0.3) is 0 Å². The Balaban J connectivity index is 1.64. The van der Waals surface area contributed by atoms with Gasteiger partial charge in [-0.2, -0.15) is 13.2 Å². The lowest BCUT2D eigenvalue weighted by Crippen LogP contribution is -2.50. The molecular weight excluding hydrogens is 281 g/mol. The molecule has 1 aliphatic heterocycles. The molecule has 1 saturated carbocycles. The van der Waals surface area contributed by atoms with Crippen LogP contribution in [0.2, 0.25) is 0 Å². The van der Waals surface area contributed by atoms with Crippen LogP contribution in [0.1, 0.15) is 31.4 Å². The van der Waals surface area contributed by atoms with E-state index in [-0.39, 0.29) is 5.95 Å². The summed E-state index contributed by atoms with van der Waals surface area (Å²) >= 11 is 0. The zero-order valence-corrected chi connectivity index (χ0v) is 11.8. The van der Waals surface area contributed by atoms with Crippen LogP contribution in [0.4, 0.5) is 19.1 Å². The van der Waals surface area contributed by atoms with Crippen molar-refractivity contribution in [2.45, 2.75) is 37.9 Å². The number of anilines is 1. The first kappa shape index (κ1) is 14.6. The zero-order valence-electron chi connectivity index (χ0n) is 11.8. The molecule has 7 heteroatoms. The lowest BCUT2D eigenvalue weighted by atomic mass is 10.2. The Morgan fingerprint density at radius 2 is 1.71 bits per heavy atom. The van der Waals surface area contributed by atoms with Gasteiger partial charge in [-0.05, 0) is 18.9 Å². The SMILES string of the molecule is FC(F)(F)c1ccnc(N2CCN(C3CCCC3)CC2)n1. The molecule has 0 aromatic carbocycles. The van der Waals surface area contributed by atoms with Gasteiger partial charge >= 0.3 is 6.18 Å². The first-order valence-electron chi connectivity index (χ1n) is 7.43. The summed E-state index contributed by atoms with van der Waals surface area (Å²) in [5, 5.41) is 0. The van der Waals surface area contributed by atoms with E-state index in [1.54, 1.807) is 0 Å². The number of alkyl halides is 3. The van der Waals surface area contributed by atoms with Crippen molar-refractivity contribution in [3.05, 3.63) is 18.0 Å². The van der Waals surface area contributed by atoms with Crippen LogP contribution in [0.15, 0.2) is 12.3 Å². The zero-order chi connectivity index (χ0) is 14.9. The molecule has 3 rings (SSSR count). The Labute approximate surface area is 122 Å². The minimum atomic E-state index is -4.41. The molecule has 2 fully saturated rings. The average Bonchev–Trinajstić information content (AvgIpc) is 3.01. The van der Waals surface area contributed by atoms with Crippen LogP contribution >= 0.6 is 0 Å². The Morgan fingerprint density at radius 3 is 2.33 bits per heavy atom. The summed E-state index contributed by atoms with van der Waals surface area (Å²) in [5.74, 6) is 0.191. The molecule has 4 nitrogen and oxygen atoms in total. The minimum Gasteiger partial charge on any atom is -0.338 e. The van der Waals surface area contributed by atoms with Gasteiger partial charge in [-0.3, -0.25) is 4.90 Å². The third kappa shape index (κ3) is 3.28. The highest BCUT2D eigenvalue weighted by Crippen LogP contribution is 2.29. The molecule has 2 heterocycles. The second-order valence-corrected chi connectivity index (χ2v) is 5.70. The number of aromatic nitrogens is 2. The standard InChI is InChI=1S/C14H19F3N4/c15-14(16,17)12-5-6-18-13(19-12)21-9-7-20(8-10-21)11-3-1-2-4-11/h5-6,11H,1-4,7-10H2. The smallest absolute Gasteiger partial charge is 0.338 e. The van der Waals surface area contributed by atoms with E-state index in [1.165, 1.54) is 31.9 Å². The van der Waals surface area contributed by atoms with Gasteiger partial charge < -0.3 is 4.90 Å². The van der Waals surface area contributed by atoms with Gasteiger partial charge in [0, 0.05) is 38.4 Å². The second-order valence-electron chi connectivity index (χ2n) is 5.70. The average molecular weight is 300 g/mol. The molecule has 0 atom stereocenters. The van der Waals surface area contributed by atoms with Crippen LogP contribution in [-0.4, -0.2) is 47.1 Å². The van der Waals surface area contributed by atoms with E-state index in [2.05, 4.69) is 14.9 Å². The summed E-state index contributed by atoms with van der Waals surface area (Å²) < 4.78 is 38.1. The monoisotopic (exact) mass is 300 g/mol. The van der Waals surface area contributed by atoms with E-state index in [0.29, 0.717) is 19.1 Å². The molecular formula is C14H19F3N4. The van der Waals surface area contributed by atoms with E-state index in [0.717, 1.165) is 19.2 Å². The third-order valence-electron chi connectivity index (χ3n) is 4.37. The summed E-state index contributed by atoms with van der Waals surface area (Å²) in [7, 11) is 0. The van der Waals surface area contributed by atoms with Gasteiger partial charge in [-0.1, -0.05) is 12.8 Å². The summed E-state index contributed by atoms with van der Waals surface area (Å²) in [6, 6.07) is 1.58. The first-order chi connectivity index (χ1) is 10.0. The highest BCUT2D eigenvalue weighted by Gasteiger charge is 2.34. The van der Waals surface area contributed by atoms with E-state index in [9.17, 15) is 13.2 Å². The van der Waals surface area contributed by atoms with Gasteiger partial charge in [-0.25, -0.2) is 9.97 Å². The van der Waals surface area contributed by atoms with Crippen molar-refractivity contribution in [1.82, 2.24) is 14.9 Å². The van der Waals surface area contributed by atoms with Crippen molar-refractivity contribution in [2.75, 3.05) is 31.1 Å². The molecule has 2 aliphatic rings. The fourth-order valence-electron chi connectivity index (χ4n) is 3.22. The van der Waals surface area contributed by atoms with E-state index in [1.807, 2.05) is 4.90 Å². The van der Waals surface area contributed by atoms with Crippen molar-refractivity contribution in [3.8, 4) is 0 Å². The summed E-state index contributed by atoms with van der Waals surface area (Å²) in [6.07, 6.45) is 1.86. The molecule has 0 unspecified atom stereocenters. The molecule has 1 aliphatic carbocycles. The van der Waals surface area contributed by atoms with Crippen LogP contribution < -0.4 is 4.90 Å².